The maximum absolute atomic E-state index is 12.6. The molecule has 22 heavy (non-hydrogen) atoms. The fourth-order valence-electron chi connectivity index (χ4n) is 2.53. The first-order valence-corrected chi connectivity index (χ1v) is 6.69. The number of phenolic OH excluding ortho intramolecular Hbond substituents is 1. The molecule has 0 aliphatic carbocycles. The quantitative estimate of drug-likeness (QED) is 0.838. The first-order valence-electron chi connectivity index (χ1n) is 6.69. The highest BCUT2D eigenvalue weighted by Gasteiger charge is 2.32. The molecule has 2 unspecified atom stereocenters. The number of hydrogen-bond donors (Lipinski definition) is 2. The third kappa shape index (κ3) is 2.74. The van der Waals surface area contributed by atoms with E-state index in [0.717, 1.165) is 12.1 Å². The van der Waals surface area contributed by atoms with Gasteiger partial charge in [-0.3, -0.25) is 0 Å². The summed E-state index contributed by atoms with van der Waals surface area (Å²) in [4.78, 5) is 0. The maximum atomic E-state index is 12.6. The van der Waals surface area contributed by atoms with Gasteiger partial charge in [0.1, 0.15) is 17.6 Å². The van der Waals surface area contributed by atoms with Gasteiger partial charge in [-0.1, -0.05) is 12.1 Å². The molecule has 0 aromatic heterocycles. The molecular formula is C16H13F3O3. The third-order valence-electron chi connectivity index (χ3n) is 3.67. The Morgan fingerprint density at radius 3 is 2.36 bits per heavy atom. The van der Waals surface area contributed by atoms with Crippen molar-refractivity contribution >= 4 is 0 Å². The van der Waals surface area contributed by atoms with E-state index in [-0.39, 0.29) is 12.2 Å². The molecule has 1 heterocycles. The Balaban J connectivity index is 1.87. The van der Waals surface area contributed by atoms with Gasteiger partial charge in [0.15, 0.2) is 0 Å². The van der Waals surface area contributed by atoms with Crippen molar-refractivity contribution in [3.8, 4) is 11.5 Å². The zero-order valence-electron chi connectivity index (χ0n) is 11.3. The van der Waals surface area contributed by atoms with Crippen LogP contribution in [-0.4, -0.2) is 10.2 Å². The second-order valence-electron chi connectivity index (χ2n) is 5.20. The van der Waals surface area contributed by atoms with Crippen LogP contribution in [-0.2, 0) is 6.18 Å². The van der Waals surface area contributed by atoms with Gasteiger partial charge in [0.05, 0.1) is 11.7 Å². The van der Waals surface area contributed by atoms with Crippen LogP contribution in [0.1, 0.15) is 35.3 Å². The van der Waals surface area contributed by atoms with Gasteiger partial charge >= 0.3 is 6.18 Å². The van der Waals surface area contributed by atoms with Gasteiger partial charge in [0.25, 0.3) is 0 Å². The molecule has 2 atom stereocenters. The van der Waals surface area contributed by atoms with E-state index in [0.29, 0.717) is 16.9 Å². The standard InChI is InChI=1S/C16H13F3O3/c17-16(18,19)10-3-1-9(2-4-10)15-8-13(21)12-7-11(20)5-6-14(12)22-15/h1-7,13,15,20-21H,8H2. The van der Waals surface area contributed by atoms with E-state index in [4.69, 9.17) is 4.74 Å². The number of aromatic hydroxyl groups is 1. The minimum Gasteiger partial charge on any atom is -0.508 e. The van der Waals surface area contributed by atoms with Gasteiger partial charge in [-0.15, -0.1) is 0 Å². The first kappa shape index (κ1) is 14.7. The van der Waals surface area contributed by atoms with Crippen LogP contribution in [0, 0.1) is 0 Å². The average molecular weight is 310 g/mol. The number of aliphatic hydroxyl groups excluding tert-OH is 1. The lowest BCUT2D eigenvalue weighted by Gasteiger charge is -2.30. The van der Waals surface area contributed by atoms with Crippen molar-refractivity contribution in [2.24, 2.45) is 0 Å². The average Bonchev–Trinajstić information content (AvgIpc) is 2.47. The largest absolute Gasteiger partial charge is 0.508 e. The molecule has 116 valence electrons. The minimum absolute atomic E-state index is 0.0226. The molecule has 3 nitrogen and oxygen atoms in total. The van der Waals surface area contributed by atoms with Gasteiger partial charge in [0, 0.05) is 12.0 Å². The fraction of sp³-hybridized carbons (Fsp3) is 0.250. The zero-order chi connectivity index (χ0) is 15.9. The Morgan fingerprint density at radius 2 is 1.73 bits per heavy atom. The monoisotopic (exact) mass is 310 g/mol. The summed E-state index contributed by atoms with van der Waals surface area (Å²) in [5.74, 6) is 0.441. The molecule has 0 spiro atoms. The Hall–Kier alpha value is -2.21. The van der Waals surface area contributed by atoms with Crippen molar-refractivity contribution in [3.63, 3.8) is 0 Å². The van der Waals surface area contributed by atoms with Crippen LogP contribution in [0.3, 0.4) is 0 Å². The van der Waals surface area contributed by atoms with E-state index < -0.39 is 23.9 Å². The lowest BCUT2D eigenvalue weighted by molar-refractivity contribution is -0.137. The molecule has 0 fully saturated rings. The predicted molar refractivity (Wildman–Crippen MR) is 72.5 cm³/mol. The fourth-order valence-corrected chi connectivity index (χ4v) is 2.53. The van der Waals surface area contributed by atoms with E-state index in [9.17, 15) is 23.4 Å². The van der Waals surface area contributed by atoms with Gasteiger partial charge in [0.2, 0.25) is 0 Å². The molecule has 0 saturated carbocycles. The molecule has 0 amide bonds. The van der Waals surface area contributed by atoms with Crippen molar-refractivity contribution in [3.05, 3.63) is 59.2 Å². The number of hydrogen-bond acceptors (Lipinski definition) is 3. The number of phenols is 1. The van der Waals surface area contributed by atoms with Crippen molar-refractivity contribution < 1.29 is 28.1 Å². The Bertz CT molecular complexity index is 680. The predicted octanol–water partition coefficient (Wildman–Crippen LogP) is 3.97. The van der Waals surface area contributed by atoms with Crippen LogP contribution in [0.4, 0.5) is 13.2 Å². The second kappa shape index (κ2) is 5.21. The minimum atomic E-state index is -4.38. The van der Waals surface area contributed by atoms with Crippen molar-refractivity contribution in [2.75, 3.05) is 0 Å². The first-order chi connectivity index (χ1) is 10.3. The molecule has 0 saturated heterocycles. The van der Waals surface area contributed by atoms with Crippen molar-refractivity contribution in [2.45, 2.75) is 24.8 Å². The summed E-state index contributed by atoms with van der Waals surface area (Å²) in [7, 11) is 0. The van der Waals surface area contributed by atoms with Gasteiger partial charge in [-0.25, -0.2) is 0 Å². The molecule has 2 N–H and O–H groups in total. The molecule has 0 radical (unpaired) electrons. The molecule has 1 aliphatic rings. The van der Waals surface area contributed by atoms with Crippen LogP contribution in [0.15, 0.2) is 42.5 Å². The lowest BCUT2D eigenvalue weighted by atomic mass is 9.94. The van der Waals surface area contributed by atoms with Gasteiger partial charge in [-0.2, -0.15) is 13.2 Å². The smallest absolute Gasteiger partial charge is 0.416 e. The molecule has 1 aliphatic heterocycles. The molecule has 2 aromatic rings. The molecule has 6 heteroatoms. The second-order valence-corrected chi connectivity index (χ2v) is 5.20. The van der Waals surface area contributed by atoms with Crippen molar-refractivity contribution in [1.82, 2.24) is 0 Å². The van der Waals surface area contributed by atoms with Crippen LogP contribution in [0.2, 0.25) is 0 Å². The Kier molecular flexibility index (Phi) is 3.48. The van der Waals surface area contributed by atoms with E-state index in [1.54, 1.807) is 0 Å². The summed E-state index contributed by atoms with van der Waals surface area (Å²) >= 11 is 0. The molecular weight excluding hydrogens is 297 g/mol. The third-order valence-corrected chi connectivity index (χ3v) is 3.67. The number of aliphatic hydroxyl groups is 1. The van der Waals surface area contributed by atoms with Crippen LogP contribution >= 0.6 is 0 Å². The highest BCUT2D eigenvalue weighted by molar-refractivity contribution is 5.43. The van der Waals surface area contributed by atoms with Crippen molar-refractivity contribution in [1.29, 1.82) is 0 Å². The van der Waals surface area contributed by atoms with E-state index in [2.05, 4.69) is 0 Å². The highest BCUT2D eigenvalue weighted by atomic mass is 19.4. The number of halogens is 3. The number of benzene rings is 2. The summed E-state index contributed by atoms with van der Waals surface area (Å²) in [5, 5.41) is 19.6. The van der Waals surface area contributed by atoms with Crippen LogP contribution < -0.4 is 4.74 Å². The molecule has 3 rings (SSSR count). The topological polar surface area (TPSA) is 49.7 Å². The zero-order valence-corrected chi connectivity index (χ0v) is 11.3. The maximum Gasteiger partial charge on any atom is 0.416 e. The summed E-state index contributed by atoms with van der Waals surface area (Å²) in [6, 6.07) is 9.08. The van der Waals surface area contributed by atoms with E-state index >= 15 is 0 Å². The number of rotatable bonds is 1. The summed E-state index contributed by atoms with van der Waals surface area (Å²) in [5.41, 5.74) is 0.312. The van der Waals surface area contributed by atoms with E-state index in [1.807, 2.05) is 0 Å². The number of alkyl halides is 3. The van der Waals surface area contributed by atoms with Gasteiger partial charge < -0.3 is 14.9 Å². The van der Waals surface area contributed by atoms with Gasteiger partial charge in [-0.05, 0) is 35.9 Å². The summed E-state index contributed by atoms with van der Waals surface area (Å²) in [6.07, 6.45) is -5.55. The van der Waals surface area contributed by atoms with Crippen LogP contribution in [0.5, 0.6) is 11.5 Å². The highest BCUT2D eigenvalue weighted by Crippen LogP contribution is 2.42. The number of fused-ring (bicyclic) bond motifs is 1. The molecule has 2 aromatic carbocycles. The summed E-state index contributed by atoms with van der Waals surface area (Å²) in [6.45, 7) is 0. The normalized spacial score (nSPS) is 21.1. The molecule has 0 bridgehead atoms. The van der Waals surface area contributed by atoms with Crippen LogP contribution in [0.25, 0.3) is 0 Å². The Morgan fingerprint density at radius 1 is 1.05 bits per heavy atom. The summed E-state index contributed by atoms with van der Waals surface area (Å²) < 4.78 is 43.4. The number of ether oxygens (including phenoxy) is 1. The van der Waals surface area contributed by atoms with E-state index in [1.165, 1.54) is 30.3 Å². The SMILES string of the molecule is Oc1ccc2c(c1)C(O)CC(c1ccc(C(F)(F)F)cc1)O2. The lowest BCUT2D eigenvalue weighted by Crippen LogP contribution is -2.19. The Labute approximate surface area is 124 Å².